The van der Waals surface area contributed by atoms with Crippen molar-refractivity contribution in [1.29, 1.82) is 0 Å². The Labute approximate surface area is 342 Å². The summed E-state index contributed by atoms with van der Waals surface area (Å²) in [7, 11) is -2.87. The predicted molar refractivity (Wildman–Crippen MR) is 225 cm³/mol. The molecule has 0 spiro atoms. The number of nitrogens with zero attached hydrogens (tertiary/aromatic N) is 3. The number of hydrogen-bond acceptors (Lipinski definition) is 8. The second-order valence-corrected chi connectivity index (χ2v) is 23.1. The number of carbonyl (C=O) groups is 1. The van der Waals surface area contributed by atoms with Crippen LogP contribution in [0.25, 0.3) is 0 Å². The molecule has 0 bridgehead atoms. The zero-order chi connectivity index (χ0) is 40.4. The van der Waals surface area contributed by atoms with E-state index in [-0.39, 0.29) is 16.4 Å². The standard InChI is InChI=1S/C47H70N4O5S/c1-32(2)34-13-18-47(50-24-25-51-26-29-57(54,55)30-27-51)20-19-44(5)36-9-10-39-43(3,4)35(14-15-45(39,6)37(36)7-8-38(44)41(34)47)33-11-16-46(17-12-33,42(52)53)21-28-56-40-31-48-22-23-49-40/h11,14,22-23,31,34,36-39,41,50H,1,7-10,12-13,15-21,24-30H2,2-6H3,(H,52,53)/t34-,36?,37-,38+,39-,41+,44-,45+,46?,47-/m0/s1. The maximum atomic E-state index is 12.7. The fourth-order valence-corrected chi connectivity index (χ4v) is 16.2. The zero-order valence-electron chi connectivity index (χ0n) is 35.5. The largest absolute Gasteiger partial charge is 0.481 e. The van der Waals surface area contributed by atoms with E-state index in [0.717, 1.165) is 31.8 Å². The van der Waals surface area contributed by atoms with E-state index in [1.807, 2.05) is 0 Å². The van der Waals surface area contributed by atoms with Crippen molar-refractivity contribution < 1.29 is 23.1 Å². The SMILES string of the molecule is C=C(C)[C@@H]1CC[C@]2(NCCN3CCS(=O)(=O)CC3)CC[C@@]3(C)C4CC[C@H]5C(C)(C)C(C6=CCC(CCOc7cnccn7)(C(=O)O)CC6)=CC[C@]5(C)[C@H]4CC[C@@H]3[C@@H]12. The molecule has 0 amide bonds. The van der Waals surface area contributed by atoms with Crippen LogP contribution in [0.3, 0.4) is 0 Å². The van der Waals surface area contributed by atoms with Crippen LogP contribution in [0.4, 0.5) is 0 Å². The molecular weight excluding hydrogens is 733 g/mol. The molecular formula is C47H70N4O5S. The fraction of sp³-hybridized carbons (Fsp3) is 0.766. The van der Waals surface area contributed by atoms with Crippen LogP contribution in [0.15, 0.2) is 54.0 Å². The predicted octanol–water partition coefficient (Wildman–Crippen LogP) is 8.30. The van der Waals surface area contributed by atoms with Crippen molar-refractivity contribution >= 4 is 15.8 Å². The maximum absolute atomic E-state index is 12.7. The third-order valence-corrected chi connectivity index (χ3v) is 19.6. The van der Waals surface area contributed by atoms with Gasteiger partial charge in [0.2, 0.25) is 5.88 Å². The van der Waals surface area contributed by atoms with E-state index in [0.29, 0.717) is 91.3 Å². The Kier molecular flexibility index (Phi) is 11.0. The molecule has 2 N–H and O–H groups in total. The Hall–Kier alpha value is -2.56. The van der Waals surface area contributed by atoms with Crippen LogP contribution >= 0.6 is 0 Å². The van der Waals surface area contributed by atoms with Crippen LogP contribution in [0, 0.1) is 57.2 Å². The minimum atomic E-state index is -2.87. The monoisotopic (exact) mass is 803 g/mol. The van der Waals surface area contributed by atoms with Crippen molar-refractivity contribution in [2.45, 2.75) is 124 Å². The van der Waals surface area contributed by atoms with Crippen LogP contribution in [0.1, 0.15) is 118 Å². The number of carboxylic acid groups (broad SMARTS) is 1. The lowest BCUT2D eigenvalue weighted by Crippen LogP contribution is -2.65. The highest BCUT2D eigenvalue weighted by Crippen LogP contribution is 2.72. The number of rotatable bonds is 11. The van der Waals surface area contributed by atoms with Crippen molar-refractivity contribution in [2.24, 2.45) is 57.2 Å². The van der Waals surface area contributed by atoms with E-state index >= 15 is 0 Å². The second kappa shape index (κ2) is 15.2. The average molecular weight is 803 g/mol. The molecule has 0 radical (unpaired) electrons. The number of aliphatic carboxylic acids is 1. The molecule has 1 aromatic heterocycles. The summed E-state index contributed by atoms with van der Waals surface area (Å²) in [5, 5.41) is 14.7. The van der Waals surface area contributed by atoms with E-state index in [1.165, 1.54) is 68.1 Å². The highest BCUT2D eigenvalue weighted by molar-refractivity contribution is 7.91. The van der Waals surface area contributed by atoms with Crippen LogP contribution in [0.2, 0.25) is 0 Å². The van der Waals surface area contributed by atoms with Gasteiger partial charge in [-0.15, -0.1) is 0 Å². The first-order valence-electron chi connectivity index (χ1n) is 22.4. The molecule has 10 heteroatoms. The van der Waals surface area contributed by atoms with E-state index in [1.54, 1.807) is 18.6 Å². The van der Waals surface area contributed by atoms with Crippen LogP contribution in [0.5, 0.6) is 5.88 Å². The van der Waals surface area contributed by atoms with Gasteiger partial charge < -0.3 is 20.1 Å². The topological polar surface area (TPSA) is 122 Å². The first kappa shape index (κ1) is 41.2. The van der Waals surface area contributed by atoms with Gasteiger partial charge in [-0.2, -0.15) is 0 Å². The Balaban J connectivity index is 0.974. The molecule has 314 valence electrons. The molecule has 5 fully saturated rings. The van der Waals surface area contributed by atoms with Gasteiger partial charge in [-0.3, -0.25) is 9.78 Å². The number of sulfone groups is 1. The van der Waals surface area contributed by atoms with Crippen molar-refractivity contribution in [3.63, 3.8) is 0 Å². The molecule has 0 aromatic carbocycles. The first-order chi connectivity index (χ1) is 27.0. The number of carboxylic acids is 1. The zero-order valence-corrected chi connectivity index (χ0v) is 36.3. The molecule has 1 aromatic rings. The van der Waals surface area contributed by atoms with Gasteiger partial charge in [0.25, 0.3) is 0 Å². The third-order valence-electron chi connectivity index (χ3n) is 18.0. The molecule has 7 aliphatic rings. The minimum Gasteiger partial charge on any atom is -0.481 e. The fourth-order valence-electron chi connectivity index (χ4n) is 14.9. The van der Waals surface area contributed by atoms with Crippen LogP contribution < -0.4 is 10.1 Å². The Morgan fingerprint density at radius 2 is 1.68 bits per heavy atom. The highest BCUT2D eigenvalue weighted by Gasteiger charge is 2.66. The summed E-state index contributed by atoms with van der Waals surface area (Å²) in [5.74, 6) is 4.22. The van der Waals surface area contributed by atoms with Crippen molar-refractivity contribution in [1.82, 2.24) is 20.2 Å². The van der Waals surface area contributed by atoms with E-state index in [2.05, 4.69) is 73.5 Å². The molecule has 57 heavy (non-hydrogen) atoms. The molecule has 8 rings (SSSR count). The van der Waals surface area contributed by atoms with E-state index in [4.69, 9.17) is 4.74 Å². The number of allylic oxidation sites excluding steroid dienone is 5. The molecule has 4 saturated carbocycles. The number of hydrogen-bond donors (Lipinski definition) is 2. The quantitative estimate of drug-likeness (QED) is 0.213. The number of aromatic nitrogens is 2. The highest BCUT2D eigenvalue weighted by atomic mass is 32.2. The Morgan fingerprint density at radius 3 is 2.37 bits per heavy atom. The number of fused-ring (bicyclic) bond motifs is 7. The first-order valence-corrected chi connectivity index (χ1v) is 24.2. The summed E-state index contributed by atoms with van der Waals surface area (Å²) in [6.45, 7) is 20.7. The number of ether oxygens (including phenoxy) is 1. The van der Waals surface area contributed by atoms with Crippen molar-refractivity contribution in [3.8, 4) is 5.88 Å². The molecule has 6 aliphatic carbocycles. The summed E-state index contributed by atoms with van der Waals surface area (Å²) in [4.78, 5) is 23.3. The molecule has 1 aliphatic heterocycles. The van der Waals surface area contributed by atoms with Crippen LogP contribution in [-0.4, -0.2) is 84.2 Å². The smallest absolute Gasteiger partial charge is 0.310 e. The summed E-state index contributed by atoms with van der Waals surface area (Å²) in [6.07, 6.45) is 23.4. The van der Waals surface area contributed by atoms with Crippen molar-refractivity contribution in [2.75, 3.05) is 44.3 Å². The molecule has 2 unspecified atom stereocenters. The Morgan fingerprint density at radius 1 is 0.947 bits per heavy atom. The van der Waals surface area contributed by atoms with Gasteiger partial charge >= 0.3 is 5.97 Å². The normalized spacial score (nSPS) is 41.0. The summed E-state index contributed by atoms with van der Waals surface area (Å²) in [5.41, 5.74) is 4.16. The maximum Gasteiger partial charge on any atom is 0.310 e. The van der Waals surface area contributed by atoms with E-state index in [9.17, 15) is 18.3 Å². The van der Waals surface area contributed by atoms with Gasteiger partial charge in [-0.1, -0.05) is 52.0 Å². The third kappa shape index (κ3) is 7.17. The van der Waals surface area contributed by atoms with Gasteiger partial charge in [0.1, 0.15) is 0 Å². The molecule has 10 atom stereocenters. The van der Waals surface area contributed by atoms with Crippen LogP contribution in [-0.2, 0) is 14.6 Å². The molecule has 1 saturated heterocycles. The molecule has 9 nitrogen and oxygen atoms in total. The Bertz CT molecular complexity index is 1870. The van der Waals surface area contributed by atoms with Gasteiger partial charge in [0.15, 0.2) is 9.84 Å². The van der Waals surface area contributed by atoms with Gasteiger partial charge in [-0.25, -0.2) is 13.4 Å². The van der Waals surface area contributed by atoms with Gasteiger partial charge in [0, 0.05) is 44.1 Å². The number of nitrogens with one attached hydrogen (secondary N) is 1. The minimum absolute atomic E-state index is 0.0283. The summed E-state index contributed by atoms with van der Waals surface area (Å²) in [6, 6.07) is 0. The lowest BCUT2D eigenvalue weighted by molar-refractivity contribution is -0.170. The summed E-state index contributed by atoms with van der Waals surface area (Å²) >= 11 is 0. The second-order valence-electron chi connectivity index (χ2n) is 20.8. The molecule has 2 heterocycles. The average Bonchev–Trinajstić information content (AvgIpc) is 3.56. The van der Waals surface area contributed by atoms with Gasteiger partial charge in [-0.05, 0) is 153 Å². The summed E-state index contributed by atoms with van der Waals surface area (Å²) < 4.78 is 29.9. The van der Waals surface area contributed by atoms with E-state index < -0.39 is 21.2 Å². The van der Waals surface area contributed by atoms with Gasteiger partial charge in [0.05, 0.1) is 29.7 Å². The lowest BCUT2D eigenvalue weighted by atomic mass is 9.37. The lowest BCUT2D eigenvalue weighted by Gasteiger charge is -2.68. The van der Waals surface area contributed by atoms with Crippen molar-refractivity contribution in [3.05, 3.63) is 54.0 Å².